The van der Waals surface area contributed by atoms with Crippen LogP contribution in [-0.2, 0) is 38.2 Å². The zero-order chi connectivity index (χ0) is 24.9. The van der Waals surface area contributed by atoms with Crippen molar-refractivity contribution in [3.8, 4) is 0 Å². The molecule has 0 fully saturated rings. The van der Waals surface area contributed by atoms with E-state index >= 15 is 0 Å². The van der Waals surface area contributed by atoms with Crippen LogP contribution in [0.15, 0.2) is 0 Å². The van der Waals surface area contributed by atoms with Crippen LogP contribution in [-0.4, -0.2) is 73.2 Å². The quantitative estimate of drug-likeness (QED) is 0.261. The molecule has 0 saturated carbocycles. The Morgan fingerprint density at radius 2 is 0.613 bits per heavy atom. The van der Waals surface area contributed by atoms with Crippen LogP contribution in [0.1, 0.15) is 83.1 Å². The summed E-state index contributed by atoms with van der Waals surface area (Å²) in [5.74, 6) is -4.93. The molecule has 0 aromatic heterocycles. The minimum atomic E-state index is -1.08. The SMILES string of the molecule is CC(C)(C)C(=O)OC(=O)C(=O)C(C)(C)C.CC(C)(C)C(=O)OC(=O)C(=O)C(C)(C)C.[CaH2]. The molecule has 0 aromatic carbocycles. The first-order valence-corrected chi connectivity index (χ1v) is 9.54. The van der Waals surface area contributed by atoms with E-state index in [1.165, 1.54) is 0 Å². The van der Waals surface area contributed by atoms with Crippen molar-refractivity contribution in [2.75, 3.05) is 0 Å². The van der Waals surface area contributed by atoms with Gasteiger partial charge in [-0.05, 0) is 41.5 Å². The first-order valence-electron chi connectivity index (χ1n) is 9.54. The summed E-state index contributed by atoms with van der Waals surface area (Å²) in [6, 6.07) is 0. The van der Waals surface area contributed by atoms with Gasteiger partial charge in [-0.25, -0.2) is 9.59 Å². The maximum absolute atomic E-state index is 11.4. The first-order chi connectivity index (χ1) is 12.9. The Morgan fingerprint density at radius 3 is 0.742 bits per heavy atom. The second-order valence-corrected chi connectivity index (χ2v) is 11.0. The number of hydrogen-bond donors (Lipinski definition) is 0. The van der Waals surface area contributed by atoms with E-state index in [9.17, 15) is 28.8 Å². The molecule has 0 amide bonds. The Bertz CT molecular complexity index is 646. The monoisotopic (exact) mass is 470 g/mol. The zero-order valence-electron chi connectivity index (χ0n) is 20.3. The van der Waals surface area contributed by atoms with Crippen LogP contribution >= 0.6 is 0 Å². The van der Waals surface area contributed by atoms with Crippen LogP contribution in [0.4, 0.5) is 0 Å². The third-order valence-electron chi connectivity index (χ3n) is 3.33. The van der Waals surface area contributed by atoms with Crippen molar-refractivity contribution in [3.63, 3.8) is 0 Å². The molecule has 31 heavy (non-hydrogen) atoms. The van der Waals surface area contributed by atoms with E-state index in [0.717, 1.165) is 0 Å². The summed E-state index contributed by atoms with van der Waals surface area (Å²) in [6.07, 6.45) is 0. The van der Waals surface area contributed by atoms with Crippen LogP contribution in [0.25, 0.3) is 0 Å². The standard InChI is InChI=1S/2C11H18O4.Ca.2H/c2*1-10(2,3)7(12)8(13)15-9(14)11(4,5)6;;;/h2*1-6H3;;;. The van der Waals surface area contributed by atoms with E-state index in [1.807, 2.05) is 0 Å². The fraction of sp³-hybridized carbons (Fsp3) is 0.727. The van der Waals surface area contributed by atoms with Gasteiger partial charge in [0.25, 0.3) is 0 Å². The molecule has 0 unspecified atom stereocenters. The van der Waals surface area contributed by atoms with Gasteiger partial charge in [0, 0.05) is 10.8 Å². The van der Waals surface area contributed by atoms with Gasteiger partial charge < -0.3 is 9.47 Å². The molecule has 0 aliphatic heterocycles. The van der Waals surface area contributed by atoms with Crippen molar-refractivity contribution in [1.29, 1.82) is 0 Å². The fourth-order valence-corrected chi connectivity index (χ4v) is 1.18. The molecule has 0 spiro atoms. The van der Waals surface area contributed by atoms with Crippen molar-refractivity contribution in [2.24, 2.45) is 21.7 Å². The molecule has 0 atom stereocenters. The molecule has 0 aliphatic carbocycles. The Morgan fingerprint density at radius 1 is 0.419 bits per heavy atom. The summed E-state index contributed by atoms with van der Waals surface area (Å²) in [5.41, 5.74) is -3.22. The molecule has 0 aromatic rings. The average molecular weight is 471 g/mol. The molecular formula is C22H38CaO8. The van der Waals surface area contributed by atoms with Crippen molar-refractivity contribution in [3.05, 3.63) is 0 Å². The Kier molecular flexibility index (Phi) is 13.6. The molecule has 8 nitrogen and oxygen atoms in total. The number of carbonyl (C=O) groups is 6. The van der Waals surface area contributed by atoms with Crippen molar-refractivity contribution in [1.82, 2.24) is 0 Å². The third-order valence-corrected chi connectivity index (χ3v) is 3.33. The van der Waals surface area contributed by atoms with E-state index in [1.54, 1.807) is 83.1 Å². The average Bonchev–Trinajstić information content (AvgIpc) is 2.50. The fourth-order valence-electron chi connectivity index (χ4n) is 1.18. The van der Waals surface area contributed by atoms with Gasteiger partial charge >= 0.3 is 61.6 Å². The van der Waals surface area contributed by atoms with Crippen molar-refractivity contribution in [2.45, 2.75) is 83.1 Å². The predicted molar refractivity (Wildman–Crippen MR) is 119 cm³/mol. The molecule has 0 aliphatic rings. The third kappa shape index (κ3) is 13.8. The van der Waals surface area contributed by atoms with E-state index < -0.39 is 57.1 Å². The minimum absolute atomic E-state index is 0. The van der Waals surface area contributed by atoms with Crippen molar-refractivity contribution < 1.29 is 38.2 Å². The first kappa shape index (κ1) is 34.5. The van der Waals surface area contributed by atoms with Gasteiger partial charge in [0.1, 0.15) is 0 Å². The summed E-state index contributed by atoms with van der Waals surface area (Å²) in [4.78, 5) is 67.9. The Balaban J connectivity index is -0.000000490. The number of hydrogen-bond acceptors (Lipinski definition) is 8. The normalized spacial score (nSPS) is 11.7. The number of rotatable bonds is 2. The van der Waals surface area contributed by atoms with E-state index in [-0.39, 0.29) is 37.7 Å². The van der Waals surface area contributed by atoms with E-state index in [2.05, 4.69) is 9.47 Å². The van der Waals surface area contributed by atoms with E-state index in [0.29, 0.717) is 0 Å². The molecule has 9 heteroatoms. The van der Waals surface area contributed by atoms with Crippen LogP contribution in [0, 0.1) is 21.7 Å². The van der Waals surface area contributed by atoms with Gasteiger partial charge in [-0.2, -0.15) is 0 Å². The van der Waals surface area contributed by atoms with Gasteiger partial charge in [-0.1, -0.05) is 41.5 Å². The van der Waals surface area contributed by atoms with Gasteiger partial charge in [0.15, 0.2) is 0 Å². The summed E-state index contributed by atoms with van der Waals surface area (Å²) in [5, 5.41) is 0. The van der Waals surface area contributed by atoms with Crippen LogP contribution in [0.2, 0.25) is 0 Å². The number of esters is 4. The molecule has 0 heterocycles. The predicted octanol–water partition coefficient (Wildman–Crippen LogP) is 2.52. The number of ether oxygens (including phenoxy) is 2. The number of Topliss-reactive ketones (excluding diaryl/α,β-unsaturated/α-hetero) is 2. The molecule has 176 valence electrons. The summed E-state index contributed by atoms with van der Waals surface area (Å²) in [7, 11) is 0. The second-order valence-electron chi connectivity index (χ2n) is 11.0. The molecular weight excluding hydrogens is 432 g/mol. The van der Waals surface area contributed by atoms with Gasteiger partial charge in [-0.15, -0.1) is 0 Å². The van der Waals surface area contributed by atoms with Crippen molar-refractivity contribution >= 4 is 73.2 Å². The van der Waals surface area contributed by atoms with Gasteiger partial charge in [0.05, 0.1) is 10.8 Å². The number of carbonyl (C=O) groups excluding carboxylic acids is 6. The molecule has 0 bridgehead atoms. The molecule has 0 N–H and O–H groups in total. The van der Waals surface area contributed by atoms with Gasteiger partial charge in [-0.3, -0.25) is 19.2 Å². The second kappa shape index (κ2) is 12.2. The summed E-state index contributed by atoms with van der Waals surface area (Å²) in [6.45, 7) is 19.3. The van der Waals surface area contributed by atoms with Crippen LogP contribution in [0.5, 0.6) is 0 Å². The molecule has 0 radical (unpaired) electrons. The van der Waals surface area contributed by atoms with Crippen LogP contribution < -0.4 is 0 Å². The Labute approximate surface area is 215 Å². The molecule has 0 saturated heterocycles. The van der Waals surface area contributed by atoms with Crippen LogP contribution in [0.3, 0.4) is 0 Å². The Hall–Kier alpha value is -1.12. The van der Waals surface area contributed by atoms with E-state index in [4.69, 9.17) is 0 Å². The number of ketones is 2. The van der Waals surface area contributed by atoms with Gasteiger partial charge in [0.2, 0.25) is 11.6 Å². The maximum atomic E-state index is 11.4. The topological polar surface area (TPSA) is 121 Å². The molecule has 0 rings (SSSR count). The zero-order valence-corrected chi connectivity index (χ0v) is 20.3. The summed E-state index contributed by atoms with van der Waals surface area (Å²) < 4.78 is 8.95. The summed E-state index contributed by atoms with van der Waals surface area (Å²) >= 11 is 0.